The van der Waals surface area contributed by atoms with E-state index in [0.717, 1.165) is 38.5 Å². The molecular weight excluding hydrogens is 1050 g/mol. The summed E-state index contributed by atoms with van der Waals surface area (Å²) in [6, 6.07) is 14.3. The number of hydrogen-bond donors (Lipinski definition) is 0. The van der Waals surface area contributed by atoms with Crippen LogP contribution in [0.4, 0.5) is 40.7 Å². The zero-order valence-corrected chi connectivity index (χ0v) is 43.3. The molecule has 25 heteroatoms. The summed E-state index contributed by atoms with van der Waals surface area (Å²) < 4.78 is 130. The molecular formula is C51H56F6N8O9S2. The minimum absolute atomic E-state index is 0.0797. The average molecular weight is 1100 g/mol. The summed E-state index contributed by atoms with van der Waals surface area (Å²) in [4.78, 5) is 63.8. The summed E-state index contributed by atoms with van der Waals surface area (Å²) in [7, 11) is 0. The smallest absolute Gasteiger partial charge is 0.508 e. The van der Waals surface area contributed by atoms with Gasteiger partial charge in [0.2, 0.25) is 0 Å². The molecule has 6 aromatic rings. The van der Waals surface area contributed by atoms with Crippen LogP contribution in [-0.4, -0.2) is 130 Å². The van der Waals surface area contributed by atoms with Crippen molar-refractivity contribution in [2.24, 2.45) is 0 Å². The standard InChI is InChI=1S/C51H56F6N8O9S2/c1-33-39(58-23-21-43(33)73-31-50(52,53)54)29-75(69)45-60-37-17-9-11-19-41(37)64(45)47(66)62(35-13-5-3-6-14-35)25-27-71-49(68)72-28-26-63(36-15-7-4-8-16-36)48(67)65-42-20-12-10-18-38(42)61-46(65)76(70)30-40-34(2)44(22-24-59-40)74-32-51(55,56)57/h9-12,17-24,35-36H,3-8,13-16,25-32H2,1-2H3. The minimum Gasteiger partial charge on any atom is -0.609 e. The summed E-state index contributed by atoms with van der Waals surface area (Å²) >= 11 is -4.09. The van der Waals surface area contributed by atoms with Gasteiger partial charge in [-0.1, -0.05) is 62.8 Å². The number of alkyl halides is 6. The van der Waals surface area contributed by atoms with E-state index in [1.54, 1.807) is 58.3 Å². The van der Waals surface area contributed by atoms with Crippen LogP contribution >= 0.6 is 0 Å². The molecule has 2 aliphatic carbocycles. The summed E-state index contributed by atoms with van der Waals surface area (Å²) in [6.45, 7) is -0.819. The van der Waals surface area contributed by atoms with Crippen molar-refractivity contribution in [1.29, 1.82) is 0 Å². The van der Waals surface area contributed by atoms with Gasteiger partial charge in [0.05, 0.1) is 46.5 Å². The zero-order chi connectivity index (χ0) is 54.1. The Morgan fingerprint density at radius 3 is 1.37 bits per heavy atom. The number of imidazole rings is 2. The van der Waals surface area contributed by atoms with Crippen molar-refractivity contribution >= 4 is 62.6 Å². The van der Waals surface area contributed by atoms with Crippen LogP contribution < -0.4 is 9.47 Å². The Kier molecular flexibility index (Phi) is 18.2. The van der Waals surface area contributed by atoms with Gasteiger partial charge in [0.25, 0.3) is 0 Å². The first kappa shape index (κ1) is 55.9. The number of aromatic nitrogens is 6. The predicted octanol–water partition coefficient (Wildman–Crippen LogP) is 10.3. The van der Waals surface area contributed by atoms with Crippen molar-refractivity contribution in [3.05, 3.63) is 95.6 Å². The second kappa shape index (κ2) is 24.8. The van der Waals surface area contributed by atoms with Crippen molar-refractivity contribution in [1.82, 2.24) is 38.9 Å². The number of amides is 2. The maximum absolute atomic E-state index is 14.8. The number of fused-ring (bicyclic) bond motifs is 2. The van der Waals surface area contributed by atoms with E-state index in [2.05, 4.69) is 19.9 Å². The fraction of sp³-hybridized carbons (Fsp3) is 0.471. The third-order valence-corrected chi connectivity index (χ3v) is 15.7. The molecule has 2 fully saturated rings. The Labute approximate surface area is 439 Å². The van der Waals surface area contributed by atoms with Gasteiger partial charge in [0, 0.05) is 58.0 Å². The number of pyridine rings is 2. The van der Waals surface area contributed by atoms with E-state index >= 15 is 0 Å². The third-order valence-electron chi connectivity index (χ3n) is 13.3. The molecule has 2 unspecified atom stereocenters. The number of rotatable bonds is 18. The first-order valence-corrected chi connectivity index (χ1v) is 27.4. The molecule has 2 saturated carbocycles. The number of halogens is 6. The van der Waals surface area contributed by atoms with Crippen molar-refractivity contribution in [2.75, 3.05) is 39.5 Å². The largest absolute Gasteiger partial charge is 0.609 e. The lowest BCUT2D eigenvalue weighted by molar-refractivity contribution is -0.154. The first-order chi connectivity index (χ1) is 36.4. The molecule has 2 aliphatic rings. The molecule has 0 N–H and O–H groups in total. The topological polar surface area (TPSA) is 202 Å². The Bertz CT molecular complexity index is 2790. The second-order valence-electron chi connectivity index (χ2n) is 18.5. The van der Waals surface area contributed by atoms with E-state index in [4.69, 9.17) is 18.9 Å². The van der Waals surface area contributed by atoms with E-state index in [1.165, 1.54) is 47.5 Å². The summed E-state index contributed by atoms with van der Waals surface area (Å²) in [6.07, 6.45) is 0.0784. The normalized spacial score (nSPS) is 15.6. The highest BCUT2D eigenvalue weighted by molar-refractivity contribution is 7.90. The van der Waals surface area contributed by atoms with Gasteiger partial charge < -0.3 is 37.9 Å². The van der Waals surface area contributed by atoms with Gasteiger partial charge in [0.15, 0.2) is 24.7 Å². The molecule has 0 radical (unpaired) electrons. The van der Waals surface area contributed by atoms with Crippen LogP contribution in [0, 0.1) is 13.8 Å². The van der Waals surface area contributed by atoms with Gasteiger partial charge >= 0.3 is 40.9 Å². The number of nitrogens with zero attached hydrogens (tertiary/aromatic N) is 8. The van der Waals surface area contributed by atoms with Crippen LogP contribution in [0.25, 0.3) is 22.1 Å². The molecule has 2 aromatic carbocycles. The summed E-state index contributed by atoms with van der Waals surface area (Å²) in [5.41, 5.74) is 2.34. The maximum Gasteiger partial charge on any atom is 0.508 e. The second-order valence-corrected chi connectivity index (χ2v) is 21.2. The molecule has 2 atom stereocenters. The fourth-order valence-corrected chi connectivity index (χ4v) is 12.0. The molecule has 408 valence electrons. The SMILES string of the molecule is Cc1c(OCC(F)(F)F)ccnc1C[S+]([O-])c1nc2ccccc2n1C(=O)N(CCOC(=O)OCCN(C(=O)n1c([S+]([O-])Cc2nccc(OCC(F)(F)F)c2C)nc2ccccc21)C1CCCCC1)C1CCCCC1. The molecule has 0 spiro atoms. The van der Waals surface area contributed by atoms with Crippen LogP contribution in [0.2, 0.25) is 0 Å². The Morgan fingerprint density at radius 1 is 0.605 bits per heavy atom. The van der Waals surface area contributed by atoms with Crippen LogP contribution in [0.15, 0.2) is 83.4 Å². The van der Waals surface area contributed by atoms with Gasteiger partial charge in [-0.25, -0.2) is 23.5 Å². The third kappa shape index (κ3) is 13.8. The van der Waals surface area contributed by atoms with E-state index in [9.17, 15) is 49.8 Å². The highest BCUT2D eigenvalue weighted by atomic mass is 32.2. The van der Waals surface area contributed by atoms with Gasteiger partial charge in [0.1, 0.15) is 24.7 Å². The number of carbonyl (C=O) groups is 3. The lowest BCUT2D eigenvalue weighted by Gasteiger charge is -2.34. The summed E-state index contributed by atoms with van der Waals surface area (Å²) in [5, 5.41) is -0.214. The maximum atomic E-state index is 14.8. The van der Waals surface area contributed by atoms with E-state index in [-0.39, 0.29) is 94.2 Å². The molecule has 0 saturated heterocycles. The summed E-state index contributed by atoms with van der Waals surface area (Å²) in [5.74, 6) is -0.752. The Balaban J connectivity index is 0.958. The molecule has 0 bridgehead atoms. The van der Waals surface area contributed by atoms with Crippen LogP contribution in [-0.2, 0) is 43.3 Å². The first-order valence-electron chi connectivity index (χ1n) is 24.8. The highest BCUT2D eigenvalue weighted by Gasteiger charge is 2.37. The molecule has 17 nitrogen and oxygen atoms in total. The quantitative estimate of drug-likeness (QED) is 0.0447. The molecule has 0 aliphatic heterocycles. The minimum atomic E-state index is -4.59. The van der Waals surface area contributed by atoms with Crippen LogP contribution in [0.3, 0.4) is 0 Å². The monoisotopic (exact) mass is 1100 g/mol. The molecule has 76 heavy (non-hydrogen) atoms. The van der Waals surface area contributed by atoms with E-state index < -0.39 is 66.1 Å². The van der Waals surface area contributed by atoms with Crippen molar-refractivity contribution in [3.63, 3.8) is 0 Å². The molecule has 4 heterocycles. The van der Waals surface area contributed by atoms with Crippen LogP contribution in [0.1, 0.15) is 86.7 Å². The average Bonchev–Trinajstić information content (AvgIpc) is 4.05. The van der Waals surface area contributed by atoms with Crippen LogP contribution in [0.5, 0.6) is 11.5 Å². The molecule has 8 rings (SSSR count). The molecule has 2 amide bonds. The predicted molar refractivity (Wildman–Crippen MR) is 267 cm³/mol. The number of ether oxygens (including phenoxy) is 4. The molecule has 4 aromatic heterocycles. The lowest BCUT2D eigenvalue weighted by Crippen LogP contribution is -2.46. The number of para-hydroxylation sites is 4. The van der Waals surface area contributed by atoms with Crippen molar-refractivity contribution in [2.45, 2.75) is 124 Å². The van der Waals surface area contributed by atoms with Crippen molar-refractivity contribution < 1.29 is 68.8 Å². The number of benzene rings is 2. The highest BCUT2D eigenvalue weighted by Crippen LogP contribution is 2.32. The van der Waals surface area contributed by atoms with Gasteiger partial charge in [-0.15, -0.1) is 0 Å². The van der Waals surface area contributed by atoms with E-state index in [1.807, 2.05) is 0 Å². The number of carbonyl (C=O) groups excluding carboxylic acids is 3. The number of hydrogen-bond acceptors (Lipinski definition) is 13. The Morgan fingerprint density at radius 2 is 0.987 bits per heavy atom. The zero-order valence-electron chi connectivity index (χ0n) is 41.6. The van der Waals surface area contributed by atoms with E-state index in [0.29, 0.717) is 47.8 Å². The fourth-order valence-electron chi connectivity index (χ4n) is 9.51. The van der Waals surface area contributed by atoms with Gasteiger partial charge in [-0.3, -0.25) is 9.97 Å². The van der Waals surface area contributed by atoms with Gasteiger partial charge in [-0.2, -0.15) is 36.3 Å². The lowest BCUT2D eigenvalue weighted by atomic mass is 9.94. The van der Waals surface area contributed by atoms with Crippen molar-refractivity contribution in [3.8, 4) is 11.5 Å². The van der Waals surface area contributed by atoms with Gasteiger partial charge in [-0.05, 0) is 75.9 Å². The Hall–Kier alpha value is -6.31.